The quantitative estimate of drug-likeness (QED) is 0.921. The number of nitrogens with zero attached hydrogens (tertiary/aromatic N) is 3. The van der Waals surface area contributed by atoms with E-state index < -0.39 is 0 Å². The van der Waals surface area contributed by atoms with E-state index in [0.717, 1.165) is 41.4 Å². The molecule has 2 unspecified atom stereocenters. The molecule has 3 heterocycles. The maximum absolute atomic E-state index is 12.6. The number of anilines is 1. The molecule has 0 aromatic carbocycles. The van der Waals surface area contributed by atoms with Crippen LogP contribution in [-0.4, -0.2) is 40.4 Å². The van der Waals surface area contributed by atoms with Crippen LogP contribution in [0.1, 0.15) is 37.9 Å². The smallest absolute Gasteiger partial charge is 0.241 e. The minimum absolute atomic E-state index is 0.156. The first-order valence-electron chi connectivity index (χ1n) is 8.75. The van der Waals surface area contributed by atoms with Crippen molar-refractivity contribution in [1.82, 2.24) is 14.9 Å². The molecule has 1 aliphatic rings. The van der Waals surface area contributed by atoms with Crippen LogP contribution in [0.5, 0.6) is 0 Å². The standard InChI is InChI=1S/C18H26N4OS/c1-5-14-7-15-17(20-13(4)21-18(15)24-14)19-8-16(23)22-9-11(2)6-12(3)10-22/h7,11-12H,5-6,8-10H2,1-4H3,(H,19,20,21). The molecule has 1 fully saturated rings. The van der Waals surface area contributed by atoms with Gasteiger partial charge in [0.15, 0.2) is 0 Å². The van der Waals surface area contributed by atoms with Crippen LogP contribution in [0, 0.1) is 18.8 Å². The summed E-state index contributed by atoms with van der Waals surface area (Å²) in [5, 5.41) is 4.28. The number of fused-ring (bicyclic) bond motifs is 1. The summed E-state index contributed by atoms with van der Waals surface area (Å²) in [6.45, 7) is 10.5. The van der Waals surface area contributed by atoms with Crippen molar-refractivity contribution in [2.75, 3.05) is 25.0 Å². The Morgan fingerprint density at radius 2 is 2.04 bits per heavy atom. The minimum Gasteiger partial charge on any atom is -0.360 e. The van der Waals surface area contributed by atoms with Gasteiger partial charge in [-0.05, 0) is 37.7 Å². The maximum Gasteiger partial charge on any atom is 0.241 e. The topological polar surface area (TPSA) is 58.1 Å². The van der Waals surface area contributed by atoms with Crippen molar-refractivity contribution in [3.05, 3.63) is 16.8 Å². The molecule has 3 rings (SSSR count). The summed E-state index contributed by atoms with van der Waals surface area (Å²) in [4.78, 5) is 25.9. The van der Waals surface area contributed by atoms with Crippen LogP contribution in [-0.2, 0) is 11.2 Å². The molecule has 0 bridgehead atoms. The third kappa shape index (κ3) is 3.69. The molecule has 0 saturated carbocycles. The zero-order valence-corrected chi connectivity index (χ0v) is 15.7. The summed E-state index contributed by atoms with van der Waals surface area (Å²) < 4.78 is 0. The minimum atomic E-state index is 0.156. The number of likely N-dealkylation sites (tertiary alicyclic amines) is 1. The lowest BCUT2D eigenvalue weighted by atomic mass is 9.92. The first kappa shape index (κ1) is 17.1. The molecule has 1 aliphatic heterocycles. The van der Waals surface area contributed by atoms with Crippen LogP contribution in [0.15, 0.2) is 6.07 Å². The molecule has 5 nitrogen and oxygen atoms in total. The number of aromatic nitrogens is 2. The van der Waals surface area contributed by atoms with Gasteiger partial charge in [0, 0.05) is 18.0 Å². The molecule has 1 N–H and O–H groups in total. The maximum atomic E-state index is 12.6. The first-order valence-corrected chi connectivity index (χ1v) is 9.56. The average Bonchev–Trinajstić information content (AvgIpc) is 2.94. The van der Waals surface area contributed by atoms with Crippen LogP contribution in [0.3, 0.4) is 0 Å². The van der Waals surface area contributed by atoms with Gasteiger partial charge in [0.25, 0.3) is 0 Å². The van der Waals surface area contributed by atoms with Crippen molar-refractivity contribution in [1.29, 1.82) is 0 Å². The SMILES string of the molecule is CCc1cc2c(NCC(=O)N3CC(C)CC(C)C3)nc(C)nc2s1. The Balaban J connectivity index is 1.73. The van der Waals surface area contributed by atoms with Crippen molar-refractivity contribution < 1.29 is 4.79 Å². The van der Waals surface area contributed by atoms with E-state index in [9.17, 15) is 4.79 Å². The second-order valence-electron chi connectivity index (χ2n) is 7.00. The van der Waals surface area contributed by atoms with Crippen molar-refractivity contribution in [2.45, 2.75) is 40.5 Å². The molecule has 130 valence electrons. The Hall–Kier alpha value is -1.69. The number of piperidine rings is 1. The van der Waals surface area contributed by atoms with Gasteiger partial charge in [-0.1, -0.05) is 20.8 Å². The molecule has 0 aliphatic carbocycles. The van der Waals surface area contributed by atoms with Gasteiger partial charge < -0.3 is 10.2 Å². The molecule has 1 saturated heterocycles. The van der Waals surface area contributed by atoms with E-state index >= 15 is 0 Å². The lowest BCUT2D eigenvalue weighted by Crippen LogP contribution is -2.44. The summed E-state index contributed by atoms with van der Waals surface area (Å²) in [7, 11) is 0. The fraction of sp³-hybridized carbons (Fsp3) is 0.611. The molecule has 6 heteroatoms. The van der Waals surface area contributed by atoms with Crippen molar-refractivity contribution >= 4 is 33.3 Å². The van der Waals surface area contributed by atoms with Gasteiger partial charge in [-0.3, -0.25) is 4.79 Å². The number of aryl methyl sites for hydroxylation is 2. The largest absolute Gasteiger partial charge is 0.360 e. The molecule has 2 aromatic rings. The molecule has 24 heavy (non-hydrogen) atoms. The van der Waals surface area contributed by atoms with Crippen LogP contribution in [0.25, 0.3) is 10.2 Å². The molecular formula is C18H26N4OS. The number of hydrogen-bond acceptors (Lipinski definition) is 5. The average molecular weight is 347 g/mol. The second kappa shape index (κ2) is 7.05. The summed E-state index contributed by atoms with van der Waals surface area (Å²) >= 11 is 1.70. The Morgan fingerprint density at radius 1 is 1.33 bits per heavy atom. The van der Waals surface area contributed by atoms with Crippen LogP contribution < -0.4 is 5.32 Å². The van der Waals surface area contributed by atoms with Gasteiger partial charge in [0.1, 0.15) is 16.5 Å². The van der Waals surface area contributed by atoms with E-state index in [1.165, 1.54) is 11.3 Å². The fourth-order valence-corrected chi connectivity index (χ4v) is 4.54. The molecular weight excluding hydrogens is 320 g/mol. The zero-order chi connectivity index (χ0) is 17.3. The number of nitrogens with one attached hydrogen (secondary N) is 1. The second-order valence-corrected chi connectivity index (χ2v) is 8.12. The predicted octanol–water partition coefficient (Wildman–Crippen LogP) is 3.48. The number of carbonyl (C=O) groups excluding carboxylic acids is 1. The van der Waals surface area contributed by atoms with Gasteiger partial charge >= 0.3 is 0 Å². The Bertz CT molecular complexity index is 732. The van der Waals surface area contributed by atoms with Crippen LogP contribution in [0.2, 0.25) is 0 Å². The third-order valence-electron chi connectivity index (χ3n) is 4.53. The molecule has 2 aromatic heterocycles. The van der Waals surface area contributed by atoms with Crippen LogP contribution in [0.4, 0.5) is 5.82 Å². The molecule has 1 amide bonds. The Morgan fingerprint density at radius 3 is 2.71 bits per heavy atom. The summed E-state index contributed by atoms with van der Waals surface area (Å²) in [6.07, 6.45) is 2.19. The monoisotopic (exact) mass is 346 g/mol. The first-order chi connectivity index (χ1) is 11.5. The number of rotatable bonds is 4. The highest BCUT2D eigenvalue weighted by Gasteiger charge is 2.25. The highest BCUT2D eigenvalue weighted by molar-refractivity contribution is 7.18. The van der Waals surface area contributed by atoms with Crippen molar-refractivity contribution in [3.63, 3.8) is 0 Å². The molecule has 2 atom stereocenters. The Kier molecular flexibility index (Phi) is 5.04. The highest BCUT2D eigenvalue weighted by Crippen LogP contribution is 2.29. The Labute approximate surface area is 147 Å². The third-order valence-corrected chi connectivity index (χ3v) is 5.71. The lowest BCUT2D eigenvalue weighted by molar-refractivity contribution is -0.131. The zero-order valence-electron chi connectivity index (χ0n) is 14.9. The molecule has 0 radical (unpaired) electrons. The summed E-state index contributed by atoms with van der Waals surface area (Å²) in [5.74, 6) is 2.83. The van der Waals surface area contributed by atoms with Crippen molar-refractivity contribution in [2.24, 2.45) is 11.8 Å². The van der Waals surface area contributed by atoms with Gasteiger partial charge in [-0.25, -0.2) is 9.97 Å². The number of amides is 1. The number of hydrogen-bond donors (Lipinski definition) is 1. The normalized spacial score (nSPS) is 21.2. The van der Waals surface area contributed by atoms with Gasteiger partial charge in [-0.2, -0.15) is 0 Å². The summed E-state index contributed by atoms with van der Waals surface area (Å²) in [6, 6.07) is 2.14. The summed E-state index contributed by atoms with van der Waals surface area (Å²) in [5.41, 5.74) is 0. The number of carbonyl (C=O) groups is 1. The molecule has 0 spiro atoms. The van der Waals surface area contributed by atoms with E-state index in [0.29, 0.717) is 18.4 Å². The van der Waals surface area contributed by atoms with Gasteiger partial charge in [0.05, 0.1) is 11.9 Å². The van der Waals surface area contributed by atoms with Crippen molar-refractivity contribution in [3.8, 4) is 0 Å². The van der Waals surface area contributed by atoms with Gasteiger partial charge in [0.2, 0.25) is 5.91 Å². The van der Waals surface area contributed by atoms with E-state index in [1.54, 1.807) is 11.3 Å². The fourth-order valence-electron chi connectivity index (χ4n) is 3.52. The predicted molar refractivity (Wildman–Crippen MR) is 99.5 cm³/mol. The van der Waals surface area contributed by atoms with E-state index in [1.807, 2.05) is 11.8 Å². The highest BCUT2D eigenvalue weighted by atomic mass is 32.1. The lowest BCUT2D eigenvalue weighted by Gasteiger charge is -2.35. The van der Waals surface area contributed by atoms with E-state index in [-0.39, 0.29) is 5.91 Å². The van der Waals surface area contributed by atoms with E-state index in [4.69, 9.17) is 0 Å². The van der Waals surface area contributed by atoms with Crippen LogP contribution >= 0.6 is 11.3 Å². The van der Waals surface area contributed by atoms with E-state index in [2.05, 4.69) is 42.1 Å². The number of thiophene rings is 1. The van der Waals surface area contributed by atoms with Gasteiger partial charge in [-0.15, -0.1) is 11.3 Å².